The highest BCUT2D eigenvalue weighted by Gasteiger charge is 2.37. The van der Waals surface area contributed by atoms with E-state index in [4.69, 9.17) is 0 Å². The van der Waals surface area contributed by atoms with Crippen LogP contribution in [0, 0.1) is 6.92 Å². The van der Waals surface area contributed by atoms with Gasteiger partial charge in [0.15, 0.2) is 5.78 Å². The van der Waals surface area contributed by atoms with Crippen molar-refractivity contribution in [1.82, 2.24) is 29.6 Å². The molecule has 0 radical (unpaired) electrons. The minimum atomic E-state index is -1.10. The van der Waals surface area contributed by atoms with Crippen LogP contribution in [0.5, 0.6) is 0 Å². The minimum Gasteiger partial charge on any atom is -0.309 e. The lowest BCUT2D eigenvalue weighted by atomic mass is 10.0. The Labute approximate surface area is 221 Å². The van der Waals surface area contributed by atoms with E-state index in [1.165, 1.54) is 6.92 Å². The summed E-state index contributed by atoms with van der Waals surface area (Å²) in [6.45, 7) is 4.25. The molecular weight excluding hydrogens is 541 g/mol. The number of aryl methyl sites for hydroxylation is 1. The highest BCUT2D eigenvalue weighted by atomic mass is 79.9. The van der Waals surface area contributed by atoms with Gasteiger partial charge in [-0.25, -0.2) is 19.3 Å². The number of hydrogen-bond acceptors (Lipinski definition) is 7. The van der Waals surface area contributed by atoms with E-state index in [9.17, 15) is 14.0 Å². The molecule has 1 aromatic carbocycles. The average Bonchev–Trinajstić information content (AvgIpc) is 3.43. The topological polar surface area (TPSA) is 106 Å². The second-order valence-corrected chi connectivity index (χ2v) is 9.87. The maximum Gasteiger partial charge on any atom is 0.242 e. The summed E-state index contributed by atoms with van der Waals surface area (Å²) in [6.07, 6.45) is 2.50. The number of carbonyl (C=O) groups excluding carboxylic acids is 2. The maximum absolute atomic E-state index is 14.4. The first-order valence-corrected chi connectivity index (χ1v) is 12.7. The molecule has 37 heavy (non-hydrogen) atoms. The normalized spacial score (nSPS) is 17.8. The summed E-state index contributed by atoms with van der Waals surface area (Å²) >= 11 is 3.29. The zero-order valence-electron chi connectivity index (χ0n) is 20.4. The molecule has 1 aliphatic heterocycles. The summed E-state index contributed by atoms with van der Waals surface area (Å²) < 4.78 is 16.7. The smallest absolute Gasteiger partial charge is 0.242 e. The van der Waals surface area contributed by atoms with Crippen LogP contribution in [0.25, 0.3) is 22.0 Å². The number of anilines is 1. The number of nitrogens with one attached hydrogen (secondary N) is 1. The molecule has 1 N–H and O–H groups in total. The summed E-state index contributed by atoms with van der Waals surface area (Å²) in [7, 11) is 0. The van der Waals surface area contributed by atoms with Crippen molar-refractivity contribution < 1.29 is 14.0 Å². The summed E-state index contributed by atoms with van der Waals surface area (Å²) in [5.41, 5.74) is 2.88. The van der Waals surface area contributed by atoms with Crippen molar-refractivity contribution in [3.05, 3.63) is 64.9 Å². The Kier molecular flexibility index (Phi) is 7.07. The molecule has 1 amide bonds. The fourth-order valence-corrected chi connectivity index (χ4v) is 4.95. The van der Waals surface area contributed by atoms with E-state index in [2.05, 4.69) is 41.3 Å². The second kappa shape index (κ2) is 10.4. The number of hydrogen-bond donors (Lipinski definition) is 1. The first-order chi connectivity index (χ1) is 17.8. The molecule has 1 aliphatic rings. The number of fused-ring (bicyclic) bond motifs is 1. The Morgan fingerprint density at radius 3 is 2.65 bits per heavy atom. The van der Waals surface area contributed by atoms with Crippen LogP contribution in [-0.4, -0.2) is 66.6 Å². The molecule has 0 saturated carbocycles. The van der Waals surface area contributed by atoms with Gasteiger partial charge in [0.05, 0.1) is 18.1 Å². The molecule has 11 heteroatoms. The Morgan fingerprint density at radius 2 is 1.92 bits per heavy atom. The lowest BCUT2D eigenvalue weighted by molar-refractivity contribution is -0.120. The number of halogens is 2. The van der Waals surface area contributed by atoms with Crippen LogP contribution in [-0.2, 0) is 11.3 Å². The zero-order chi connectivity index (χ0) is 26.1. The third kappa shape index (κ3) is 5.42. The van der Waals surface area contributed by atoms with Gasteiger partial charge < -0.3 is 5.32 Å². The Balaban J connectivity index is 1.36. The lowest BCUT2D eigenvalue weighted by Crippen LogP contribution is -2.41. The molecule has 0 bridgehead atoms. The molecule has 0 spiro atoms. The van der Waals surface area contributed by atoms with Gasteiger partial charge in [-0.2, -0.15) is 5.10 Å². The average molecular weight is 566 g/mol. The third-order valence-electron chi connectivity index (χ3n) is 6.42. The third-order valence-corrected chi connectivity index (χ3v) is 6.86. The Bertz CT molecular complexity index is 1470. The summed E-state index contributed by atoms with van der Waals surface area (Å²) in [6, 6.07) is 10.4. The first kappa shape index (κ1) is 25.1. The van der Waals surface area contributed by atoms with Gasteiger partial charge in [-0.15, -0.1) is 0 Å². The van der Waals surface area contributed by atoms with Crippen molar-refractivity contribution in [3.63, 3.8) is 0 Å². The molecule has 4 heterocycles. The molecule has 4 aromatic rings. The van der Waals surface area contributed by atoms with Gasteiger partial charge in [-0.05, 0) is 52.7 Å². The van der Waals surface area contributed by atoms with Gasteiger partial charge in [0.25, 0.3) is 0 Å². The number of alkyl halides is 1. The van der Waals surface area contributed by atoms with E-state index in [-0.39, 0.29) is 24.7 Å². The standard InChI is InChI=1S/C26H25BrFN7O2/c1-15(36)25-20-10-17(18-12-29-16(2)30-13-18)6-7-21(20)35(33-25)9-8-34-14-19(28)11-22(34)26(37)32-24-5-3-4-23(27)31-24/h3-7,10,12-13,19,22H,8-9,11,14H2,1-2H3,(H,31,32,37)/t19-,22+/m1/s1. The number of pyridine rings is 1. The molecule has 0 unspecified atom stereocenters. The van der Waals surface area contributed by atoms with Crippen molar-refractivity contribution in [2.24, 2.45) is 0 Å². The summed E-state index contributed by atoms with van der Waals surface area (Å²) in [5.74, 6) is 0.634. The highest BCUT2D eigenvalue weighted by Crippen LogP contribution is 2.27. The van der Waals surface area contributed by atoms with Crippen LogP contribution in [0.15, 0.2) is 53.4 Å². The van der Waals surface area contributed by atoms with E-state index in [0.29, 0.717) is 35.0 Å². The lowest BCUT2D eigenvalue weighted by Gasteiger charge is -2.23. The number of benzene rings is 1. The SMILES string of the molecule is CC(=O)c1nn(CCN2C[C@H](F)C[C@H]2C(=O)Nc2cccc(Br)n2)c2ccc(-c3cnc(C)nc3)cc12. The van der Waals surface area contributed by atoms with Gasteiger partial charge >= 0.3 is 0 Å². The van der Waals surface area contributed by atoms with Gasteiger partial charge in [0, 0.05) is 49.8 Å². The molecule has 1 fully saturated rings. The quantitative estimate of drug-likeness (QED) is 0.264. The molecule has 2 atom stereocenters. The molecule has 1 saturated heterocycles. The van der Waals surface area contributed by atoms with Gasteiger partial charge in [-0.1, -0.05) is 12.1 Å². The number of amides is 1. The van der Waals surface area contributed by atoms with E-state index in [0.717, 1.165) is 22.0 Å². The van der Waals surface area contributed by atoms with Gasteiger partial charge in [-0.3, -0.25) is 19.2 Å². The second-order valence-electron chi connectivity index (χ2n) is 9.06. The number of likely N-dealkylation sites (tertiary alicyclic amines) is 1. The van der Waals surface area contributed by atoms with Gasteiger partial charge in [0.1, 0.15) is 28.1 Å². The van der Waals surface area contributed by atoms with Crippen molar-refractivity contribution in [2.75, 3.05) is 18.4 Å². The summed E-state index contributed by atoms with van der Waals surface area (Å²) in [5, 5.41) is 8.07. The molecular formula is C26H25BrFN7O2. The molecule has 3 aromatic heterocycles. The maximum atomic E-state index is 14.4. The van der Waals surface area contributed by atoms with Gasteiger partial charge in [0.2, 0.25) is 5.91 Å². The number of rotatable bonds is 7. The molecule has 5 rings (SSSR count). The van der Waals surface area contributed by atoms with E-state index in [1.807, 2.05) is 30.0 Å². The predicted octanol–water partition coefficient (Wildman–Crippen LogP) is 4.21. The summed E-state index contributed by atoms with van der Waals surface area (Å²) in [4.78, 5) is 39.9. The molecule has 0 aliphatic carbocycles. The monoisotopic (exact) mass is 565 g/mol. The fourth-order valence-electron chi connectivity index (χ4n) is 4.61. The van der Waals surface area contributed by atoms with Crippen molar-refractivity contribution in [2.45, 2.75) is 39.0 Å². The minimum absolute atomic E-state index is 0.111. The van der Waals surface area contributed by atoms with Crippen LogP contribution in [0.1, 0.15) is 29.7 Å². The zero-order valence-corrected chi connectivity index (χ0v) is 21.9. The largest absolute Gasteiger partial charge is 0.309 e. The number of carbonyl (C=O) groups is 2. The van der Waals surface area contributed by atoms with Crippen molar-refractivity contribution >= 4 is 44.3 Å². The van der Waals surface area contributed by atoms with Crippen LogP contribution < -0.4 is 5.32 Å². The number of nitrogens with zero attached hydrogens (tertiary/aromatic N) is 6. The number of aromatic nitrogens is 5. The van der Waals surface area contributed by atoms with E-state index >= 15 is 0 Å². The van der Waals surface area contributed by atoms with Crippen LogP contribution >= 0.6 is 15.9 Å². The molecule has 9 nitrogen and oxygen atoms in total. The van der Waals surface area contributed by atoms with Crippen molar-refractivity contribution in [1.29, 1.82) is 0 Å². The van der Waals surface area contributed by atoms with Crippen LogP contribution in [0.2, 0.25) is 0 Å². The van der Waals surface area contributed by atoms with E-state index < -0.39 is 12.2 Å². The number of ketones is 1. The number of Topliss-reactive ketones (excluding diaryl/α,β-unsaturated/α-hetero) is 1. The van der Waals surface area contributed by atoms with E-state index in [1.54, 1.807) is 35.3 Å². The Hall–Kier alpha value is -3.57. The fraction of sp³-hybridized carbons (Fsp3) is 0.308. The van der Waals surface area contributed by atoms with Crippen LogP contribution in [0.4, 0.5) is 10.2 Å². The first-order valence-electron chi connectivity index (χ1n) is 11.9. The van der Waals surface area contributed by atoms with Crippen LogP contribution in [0.3, 0.4) is 0 Å². The van der Waals surface area contributed by atoms with Crippen molar-refractivity contribution in [3.8, 4) is 11.1 Å². The predicted molar refractivity (Wildman–Crippen MR) is 141 cm³/mol. The molecule has 190 valence electrons. The Morgan fingerprint density at radius 1 is 1.14 bits per heavy atom. The highest BCUT2D eigenvalue weighted by molar-refractivity contribution is 9.10.